The molecule has 2 unspecified atom stereocenters. The molecule has 1 aromatic carbocycles. The summed E-state index contributed by atoms with van der Waals surface area (Å²) in [5.41, 5.74) is 2.06. The Labute approximate surface area is 85.7 Å². The summed E-state index contributed by atoms with van der Waals surface area (Å²) in [5, 5.41) is 9.63. The van der Waals surface area contributed by atoms with Gasteiger partial charge in [0.25, 0.3) is 0 Å². The summed E-state index contributed by atoms with van der Waals surface area (Å²) < 4.78 is 6.42. The van der Waals surface area contributed by atoms with Crippen molar-refractivity contribution in [1.29, 1.82) is 0 Å². The number of aliphatic hydroxyl groups excluding tert-OH is 1. The lowest BCUT2D eigenvalue weighted by Crippen LogP contribution is -2.19. The smallest absolute Gasteiger partial charge is 0.103 e. The molecule has 2 rings (SSSR count). The maximum absolute atomic E-state index is 9.63. The molecule has 13 heavy (non-hydrogen) atoms. The van der Waals surface area contributed by atoms with Crippen LogP contribution in [0.3, 0.4) is 0 Å². The Morgan fingerprint density at radius 1 is 1.46 bits per heavy atom. The average Bonchev–Trinajstić information content (AvgIpc) is 2.12. The molecule has 0 saturated carbocycles. The lowest BCUT2D eigenvalue weighted by Gasteiger charge is -2.27. The second kappa shape index (κ2) is 3.40. The highest BCUT2D eigenvalue weighted by atomic mass is 79.9. The van der Waals surface area contributed by atoms with Crippen molar-refractivity contribution in [3.63, 3.8) is 0 Å². The minimum absolute atomic E-state index is 0.0795. The van der Waals surface area contributed by atoms with Crippen LogP contribution in [0, 0.1) is 0 Å². The van der Waals surface area contributed by atoms with Crippen LogP contribution < -0.4 is 0 Å². The number of aliphatic hydroxyl groups is 1. The molecule has 3 heteroatoms. The van der Waals surface area contributed by atoms with E-state index in [2.05, 4.69) is 15.9 Å². The molecule has 0 saturated heterocycles. The zero-order valence-electron chi connectivity index (χ0n) is 7.33. The van der Waals surface area contributed by atoms with Gasteiger partial charge in [-0.15, -0.1) is 0 Å². The van der Waals surface area contributed by atoms with Gasteiger partial charge in [-0.1, -0.05) is 22.0 Å². The standard InChI is InChI=1S/C10H11BrO2/c1-6-9-4-7(11)2-3-8(9)10(12)5-13-6/h2-4,6,10,12H,5H2,1H3. The number of hydrogen-bond acceptors (Lipinski definition) is 2. The van der Waals surface area contributed by atoms with Gasteiger partial charge < -0.3 is 9.84 Å². The normalized spacial score (nSPS) is 27.0. The zero-order chi connectivity index (χ0) is 9.42. The molecule has 2 atom stereocenters. The van der Waals surface area contributed by atoms with Crippen LogP contribution in [-0.2, 0) is 4.74 Å². The van der Waals surface area contributed by atoms with Crippen LogP contribution in [0.2, 0.25) is 0 Å². The number of rotatable bonds is 0. The second-order valence-corrected chi connectivity index (χ2v) is 4.18. The van der Waals surface area contributed by atoms with Crippen LogP contribution in [0.25, 0.3) is 0 Å². The third kappa shape index (κ3) is 1.64. The lowest BCUT2D eigenvalue weighted by atomic mass is 9.97. The van der Waals surface area contributed by atoms with E-state index < -0.39 is 6.10 Å². The van der Waals surface area contributed by atoms with Crippen LogP contribution in [0.4, 0.5) is 0 Å². The van der Waals surface area contributed by atoms with Crippen molar-refractivity contribution < 1.29 is 9.84 Å². The van der Waals surface area contributed by atoms with Crippen molar-refractivity contribution in [1.82, 2.24) is 0 Å². The lowest BCUT2D eigenvalue weighted by molar-refractivity contribution is -0.0224. The van der Waals surface area contributed by atoms with E-state index in [0.717, 1.165) is 15.6 Å². The maximum atomic E-state index is 9.63. The van der Waals surface area contributed by atoms with Gasteiger partial charge in [0.1, 0.15) is 6.10 Å². The summed E-state index contributed by atoms with van der Waals surface area (Å²) in [7, 11) is 0. The molecule has 1 aromatic rings. The molecule has 0 bridgehead atoms. The summed E-state index contributed by atoms with van der Waals surface area (Å²) in [6.07, 6.45) is -0.393. The predicted molar refractivity (Wildman–Crippen MR) is 53.5 cm³/mol. The molecule has 1 heterocycles. The molecule has 0 aliphatic carbocycles. The molecule has 0 aromatic heterocycles. The van der Waals surface area contributed by atoms with Gasteiger partial charge in [-0.3, -0.25) is 0 Å². The zero-order valence-corrected chi connectivity index (χ0v) is 8.91. The highest BCUT2D eigenvalue weighted by Gasteiger charge is 2.23. The predicted octanol–water partition coefficient (Wildman–Crippen LogP) is 2.57. The number of halogens is 1. The van der Waals surface area contributed by atoms with Crippen molar-refractivity contribution in [2.24, 2.45) is 0 Å². The minimum Gasteiger partial charge on any atom is -0.386 e. The van der Waals surface area contributed by atoms with E-state index in [9.17, 15) is 5.11 Å². The van der Waals surface area contributed by atoms with E-state index in [0.29, 0.717) is 6.61 Å². The molecule has 1 aliphatic heterocycles. The first-order chi connectivity index (χ1) is 6.18. The van der Waals surface area contributed by atoms with Gasteiger partial charge in [0, 0.05) is 4.47 Å². The quantitative estimate of drug-likeness (QED) is 0.758. The minimum atomic E-state index is -0.473. The Morgan fingerprint density at radius 3 is 3.00 bits per heavy atom. The molecule has 0 spiro atoms. The SMILES string of the molecule is CC1OCC(O)c2ccc(Br)cc21. The van der Waals surface area contributed by atoms with E-state index in [-0.39, 0.29) is 6.10 Å². The van der Waals surface area contributed by atoms with Crippen molar-refractivity contribution in [2.45, 2.75) is 19.1 Å². The first kappa shape index (κ1) is 9.19. The Balaban J connectivity index is 2.50. The topological polar surface area (TPSA) is 29.5 Å². The summed E-state index contributed by atoms with van der Waals surface area (Å²) in [4.78, 5) is 0. The monoisotopic (exact) mass is 242 g/mol. The fourth-order valence-corrected chi connectivity index (χ4v) is 1.99. The molecule has 0 radical (unpaired) electrons. The van der Waals surface area contributed by atoms with E-state index in [1.54, 1.807) is 0 Å². The Kier molecular flexibility index (Phi) is 2.41. The molecular weight excluding hydrogens is 232 g/mol. The first-order valence-electron chi connectivity index (χ1n) is 4.27. The second-order valence-electron chi connectivity index (χ2n) is 3.26. The highest BCUT2D eigenvalue weighted by Crippen LogP contribution is 2.33. The summed E-state index contributed by atoms with van der Waals surface area (Å²) in [6.45, 7) is 2.40. The summed E-state index contributed by atoms with van der Waals surface area (Å²) >= 11 is 3.40. The van der Waals surface area contributed by atoms with Crippen LogP contribution in [0.5, 0.6) is 0 Å². The first-order valence-corrected chi connectivity index (χ1v) is 5.07. The van der Waals surface area contributed by atoms with E-state index in [4.69, 9.17) is 4.74 Å². The number of benzene rings is 1. The molecule has 1 aliphatic rings. The van der Waals surface area contributed by atoms with Crippen molar-refractivity contribution in [3.8, 4) is 0 Å². The van der Waals surface area contributed by atoms with Crippen LogP contribution in [-0.4, -0.2) is 11.7 Å². The van der Waals surface area contributed by atoms with Gasteiger partial charge in [0.05, 0.1) is 12.7 Å². The fourth-order valence-electron chi connectivity index (χ4n) is 1.62. The van der Waals surface area contributed by atoms with E-state index in [1.807, 2.05) is 25.1 Å². The molecule has 0 fully saturated rings. The van der Waals surface area contributed by atoms with Crippen LogP contribution in [0.1, 0.15) is 30.3 Å². The largest absolute Gasteiger partial charge is 0.386 e. The Morgan fingerprint density at radius 2 is 2.23 bits per heavy atom. The van der Waals surface area contributed by atoms with Gasteiger partial charge in [-0.25, -0.2) is 0 Å². The number of hydrogen-bond donors (Lipinski definition) is 1. The number of ether oxygens (including phenoxy) is 1. The van der Waals surface area contributed by atoms with Gasteiger partial charge >= 0.3 is 0 Å². The Hall–Kier alpha value is -0.380. The maximum Gasteiger partial charge on any atom is 0.103 e. The van der Waals surface area contributed by atoms with Gasteiger partial charge in [-0.05, 0) is 30.2 Å². The fraction of sp³-hybridized carbons (Fsp3) is 0.400. The molecule has 0 amide bonds. The van der Waals surface area contributed by atoms with Crippen LogP contribution in [0.15, 0.2) is 22.7 Å². The van der Waals surface area contributed by atoms with Gasteiger partial charge in [0.15, 0.2) is 0 Å². The highest BCUT2D eigenvalue weighted by molar-refractivity contribution is 9.10. The van der Waals surface area contributed by atoms with E-state index in [1.165, 1.54) is 0 Å². The molecule has 1 N–H and O–H groups in total. The summed E-state index contributed by atoms with van der Waals surface area (Å²) in [5.74, 6) is 0. The van der Waals surface area contributed by atoms with Gasteiger partial charge in [-0.2, -0.15) is 0 Å². The van der Waals surface area contributed by atoms with Crippen molar-refractivity contribution >= 4 is 15.9 Å². The third-order valence-electron chi connectivity index (χ3n) is 2.35. The molecule has 2 nitrogen and oxygen atoms in total. The Bertz CT molecular complexity index is 325. The van der Waals surface area contributed by atoms with E-state index >= 15 is 0 Å². The van der Waals surface area contributed by atoms with Crippen molar-refractivity contribution in [3.05, 3.63) is 33.8 Å². The van der Waals surface area contributed by atoms with Crippen LogP contribution >= 0.6 is 15.9 Å². The molecular formula is C10H11BrO2. The van der Waals surface area contributed by atoms with Gasteiger partial charge in [0.2, 0.25) is 0 Å². The molecule has 70 valence electrons. The van der Waals surface area contributed by atoms with Crippen molar-refractivity contribution in [2.75, 3.05) is 6.61 Å². The number of fused-ring (bicyclic) bond motifs is 1. The third-order valence-corrected chi connectivity index (χ3v) is 2.84. The summed E-state index contributed by atoms with van der Waals surface area (Å²) in [6, 6.07) is 5.89. The average molecular weight is 243 g/mol.